The Morgan fingerprint density at radius 1 is 1.27 bits per heavy atom. The van der Waals surface area contributed by atoms with Gasteiger partial charge in [-0.05, 0) is 44.4 Å². The number of aliphatic hydroxyl groups is 1. The maximum atomic E-state index is 10.1. The van der Waals surface area contributed by atoms with Crippen LogP contribution in [-0.2, 0) is 0 Å². The average molecular weight is 208 g/mol. The molecule has 0 spiro atoms. The molecular weight excluding hydrogens is 184 g/mol. The molecule has 0 heterocycles. The van der Waals surface area contributed by atoms with E-state index in [4.69, 9.17) is 0 Å². The van der Waals surface area contributed by atoms with Crippen molar-refractivity contribution in [2.75, 3.05) is 0 Å². The Labute approximate surface area is 93.9 Å². The molecule has 1 heteroatoms. The molecule has 1 N–H and O–H groups in total. The van der Waals surface area contributed by atoms with Gasteiger partial charge in [0.25, 0.3) is 0 Å². The lowest BCUT2D eigenvalue weighted by molar-refractivity contribution is 0.102. The fraction of sp³-hybridized carbons (Fsp3) is 0.714. The zero-order valence-corrected chi connectivity index (χ0v) is 10.2. The van der Waals surface area contributed by atoms with Crippen molar-refractivity contribution in [2.45, 2.75) is 52.1 Å². The Morgan fingerprint density at radius 3 is 2.60 bits per heavy atom. The number of rotatable bonds is 1. The zero-order chi connectivity index (χ0) is 11.3. The number of allylic oxidation sites excluding steroid dienone is 3. The van der Waals surface area contributed by atoms with Crippen LogP contribution in [0.2, 0.25) is 0 Å². The summed E-state index contributed by atoms with van der Waals surface area (Å²) in [5.74, 6) is 1.25. The maximum Gasteiger partial charge on any atom is 0.0802 e. The Kier molecular flexibility index (Phi) is 4.59. The highest BCUT2D eigenvalue weighted by molar-refractivity contribution is 5.04. The van der Waals surface area contributed by atoms with Crippen molar-refractivity contribution >= 4 is 0 Å². The Bertz CT molecular complexity index is 236. The van der Waals surface area contributed by atoms with Gasteiger partial charge in [0.15, 0.2) is 0 Å². The van der Waals surface area contributed by atoms with Crippen LogP contribution in [0.5, 0.6) is 0 Å². The van der Waals surface area contributed by atoms with Gasteiger partial charge < -0.3 is 5.11 Å². The highest BCUT2D eigenvalue weighted by Crippen LogP contribution is 2.23. The molecule has 0 saturated carbocycles. The van der Waals surface area contributed by atoms with E-state index in [9.17, 15) is 5.11 Å². The second kappa shape index (κ2) is 5.50. The van der Waals surface area contributed by atoms with E-state index in [1.54, 1.807) is 0 Å². The molecule has 0 saturated heterocycles. The lowest BCUT2D eigenvalue weighted by atomic mass is 9.87. The minimum atomic E-state index is -0.630. The lowest BCUT2D eigenvalue weighted by Gasteiger charge is -2.22. The van der Waals surface area contributed by atoms with Crippen LogP contribution in [0.1, 0.15) is 46.5 Å². The minimum Gasteiger partial charge on any atom is -0.386 e. The van der Waals surface area contributed by atoms with Crippen molar-refractivity contribution in [3.8, 4) is 0 Å². The van der Waals surface area contributed by atoms with Gasteiger partial charge in [0.2, 0.25) is 0 Å². The number of hydrogen-bond donors (Lipinski definition) is 1. The SMILES string of the molecule is CC(C)[C@H]1/C=C/[C@](C)(O)CC/C=C\CC1. The molecule has 0 aromatic carbocycles. The molecule has 15 heavy (non-hydrogen) atoms. The van der Waals surface area contributed by atoms with Gasteiger partial charge >= 0.3 is 0 Å². The topological polar surface area (TPSA) is 20.2 Å². The summed E-state index contributed by atoms with van der Waals surface area (Å²) in [5.41, 5.74) is -0.630. The molecule has 2 atom stereocenters. The van der Waals surface area contributed by atoms with Crippen LogP contribution in [0.15, 0.2) is 24.3 Å². The van der Waals surface area contributed by atoms with Crippen molar-refractivity contribution in [3.63, 3.8) is 0 Å². The summed E-state index contributed by atoms with van der Waals surface area (Å²) < 4.78 is 0. The molecule has 1 aliphatic rings. The molecule has 0 aromatic rings. The van der Waals surface area contributed by atoms with Crippen molar-refractivity contribution in [2.24, 2.45) is 11.8 Å². The Hall–Kier alpha value is -0.560. The second-order valence-corrected chi connectivity index (χ2v) is 5.21. The summed E-state index contributed by atoms with van der Waals surface area (Å²) >= 11 is 0. The molecule has 1 nitrogen and oxygen atoms in total. The van der Waals surface area contributed by atoms with Crippen LogP contribution in [0, 0.1) is 11.8 Å². The molecule has 0 bridgehead atoms. The first kappa shape index (κ1) is 12.5. The quantitative estimate of drug-likeness (QED) is 0.651. The van der Waals surface area contributed by atoms with Gasteiger partial charge in [-0.15, -0.1) is 0 Å². The lowest BCUT2D eigenvalue weighted by Crippen LogP contribution is -2.21. The summed E-state index contributed by atoms with van der Waals surface area (Å²) in [6, 6.07) is 0. The van der Waals surface area contributed by atoms with Gasteiger partial charge in [0, 0.05) is 0 Å². The standard InChI is InChI=1S/C14H24O/c1-12(2)13-8-6-4-5-7-10-14(3,15)11-9-13/h4-5,9,11-13,15H,6-8,10H2,1-3H3/b5-4-,11-9+/t13-,14-/m1/s1. The minimum absolute atomic E-state index is 0.597. The molecule has 0 radical (unpaired) electrons. The van der Waals surface area contributed by atoms with E-state index in [0.717, 1.165) is 19.3 Å². The van der Waals surface area contributed by atoms with E-state index in [2.05, 4.69) is 32.1 Å². The third-order valence-corrected chi connectivity index (χ3v) is 3.21. The van der Waals surface area contributed by atoms with E-state index < -0.39 is 5.60 Å². The molecule has 0 aliphatic heterocycles. The maximum absolute atomic E-state index is 10.1. The first-order valence-electron chi connectivity index (χ1n) is 6.08. The third-order valence-electron chi connectivity index (χ3n) is 3.21. The monoisotopic (exact) mass is 208 g/mol. The first-order chi connectivity index (χ1) is 7.01. The Balaban J connectivity index is 2.71. The predicted octanol–water partition coefficient (Wildman–Crippen LogP) is 3.70. The molecule has 1 aliphatic carbocycles. The molecule has 1 rings (SSSR count). The van der Waals surface area contributed by atoms with Crippen LogP contribution in [0.4, 0.5) is 0 Å². The van der Waals surface area contributed by atoms with Gasteiger partial charge in [-0.3, -0.25) is 0 Å². The van der Waals surface area contributed by atoms with Gasteiger partial charge in [0.1, 0.15) is 0 Å². The molecule has 0 unspecified atom stereocenters. The highest BCUT2D eigenvalue weighted by atomic mass is 16.3. The molecular formula is C14H24O. The average Bonchev–Trinajstić information content (AvgIpc) is 2.14. The van der Waals surface area contributed by atoms with Crippen molar-refractivity contribution in [1.29, 1.82) is 0 Å². The predicted molar refractivity (Wildman–Crippen MR) is 65.7 cm³/mol. The normalized spacial score (nSPS) is 37.5. The van der Waals surface area contributed by atoms with Gasteiger partial charge in [0.05, 0.1) is 5.60 Å². The van der Waals surface area contributed by atoms with Gasteiger partial charge in [-0.2, -0.15) is 0 Å². The Morgan fingerprint density at radius 2 is 1.93 bits per heavy atom. The summed E-state index contributed by atoms with van der Waals surface area (Å²) in [6.07, 6.45) is 12.8. The second-order valence-electron chi connectivity index (χ2n) is 5.21. The molecule has 0 aromatic heterocycles. The van der Waals surface area contributed by atoms with Crippen molar-refractivity contribution in [3.05, 3.63) is 24.3 Å². The zero-order valence-electron chi connectivity index (χ0n) is 10.2. The largest absolute Gasteiger partial charge is 0.386 e. The smallest absolute Gasteiger partial charge is 0.0802 e. The van der Waals surface area contributed by atoms with Crippen molar-refractivity contribution in [1.82, 2.24) is 0 Å². The van der Waals surface area contributed by atoms with Crippen LogP contribution >= 0.6 is 0 Å². The van der Waals surface area contributed by atoms with E-state index in [-0.39, 0.29) is 0 Å². The molecule has 0 fully saturated rings. The van der Waals surface area contributed by atoms with Crippen molar-refractivity contribution < 1.29 is 5.11 Å². The van der Waals surface area contributed by atoms with E-state index in [1.807, 2.05) is 13.0 Å². The van der Waals surface area contributed by atoms with Crippen LogP contribution in [-0.4, -0.2) is 10.7 Å². The van der Waals surface area contributed by atoms with Crippen LogP contribution in [0.25, 0.3) is 0 Å². The third kappa shape index (κ3) is 4.65. The van der Waals surface area contributed by atoms with E-state index >= 15 is 0 Å². The summed E-state index contributed by atoms with van der Waals surface area (Å²) in [6.45, 7) is 6.40. The van der Waals surface area contributed by atoms with E-state index in [1.165, 1.54) is 6.42 Å². The summed E-state index contributed by atoms with van der Waals surface area (Å²) in [4.78, 5) is 0. The summed E-state index contributed by atoms with van der Waals surface area (Å²) in [7, 11) is 0. The first-order valence-corrected chi connectivity index (χ1v) is 6.08. The molecule has 0 amide bonds. The highest BCUT2D eigenvalue weighted by Gasteiger charge is 2.17. The van der Waals surface area contributed by atoms with Gasteiger partial charge in [-0.25, -0.2) is 0 Å². The number of hydrogen-bond acceptors (Lipinski definition) is 1. The molecule has 86 valence electrons. The van der Waals surface area contributed by atoms with Crippen LogP contribution < -0.4 is 0 Å². The van der Waals surface area contributed by atoms with Crippen LogP contribution in [0.3, 0.4) is 0 Å². The fourth-order valence-corrected chi connectivity index (χ4v) is 1.97. The van der Waals surface area contributed by atoms with E-state index in [0.29, 0.717) is 11.8 Å². The van der Waals surface area contributed by atoms with Gasteiger partial charge in [-0.1, -0.05) is 38.2 Å². The summed E-state index contributed by atoms with van der Waals surface area (Å²) in [5, 5.41) is 10.1. The fourth-order valence-electron chi connectivity index (χ4n) is 1.97.